The van der Waals surface area contributed by atoms with Crippen LogP contribution in [0.1, 0.15) is 18.2 Å². The molecule has 0 spiro atoms. The van der Waals surface area contributed by atoms with Crippen LogP contribution in [0.5, 0.6) is 0 Å². The van der Waals surface area contributed by atoms with Gasteiger partial charge in [-0.25, -0.2) is 4.98 Å². The van der Waals surface area contributed by atoms with Gasteiger partial charge in [-0.3, -0.25) is 0 Å². The van der Waals surface area contributed by atoms with E-state index in [0.717, 1.165) is 61.8 Å². The van der Waals surface area contributed by atoms with Gasteiger partial charge in [0.05, 0.1) is 0 Å². The number of nitrogens with zero attached hydrogens (tertiary/aromatic N) is 4. The van der Waals surface area contributed by atoms with Crippen LogP contribution in [-0.4, -0.2) is 47.6 Å². The Hall–Kier alpha value is -1.85. The highest BCUT2D eigenvalue weighted by Crippen LogP contribution is 2.17. The maximum absolute atomic E-state index is 5.93. The second-order valence-electron chi connectivity index (χ2n) is 6.10. The zero-order valence-electron chi connectivity index (χ0n) is 14.3. The molecule has 5 nitrogen and oxygen atoms in total. The first-order chi connectivity index (χ1) is 11.6. The first-order valence-corrected chi connectivity index (χ1v) is 8.83. The highest BCUT2D eigenvalue weighted by Gasteiger charge is 2.18. The summed E-state index contributed by atoms with van der Waals surface area (Å²) < 4.78 is 0. The fourth-order valence-corrected chi connectivity index (χ4v) is 2.97. The van der Waals surface area contributed by atoms with Crippen molar-refractivity contribution in [2.75, 3.05) is 42.9 Å². The van der Waals surface area contributed by atoms with Crippen LogP contribution in [0.4, 0.5) is 11.8 Å². The van der Waals surface area contributed by atoms with Crippen LogP contribution in [-0.2, 0) is 6.54 Å². The van der Waals surface area contributed by atoms with Crippen LogP contribution >= 0.6 is 11.6 Å². The highest BCUT2D eigenvalue weighted by atomic mass is 35.5. The lowest BCUT2D eigenvalue weighted by Gasteiger charge is -2.34. The van der Waals surface area contributed by atoms with E-state index in [1.165, 1.54) is 5.56 Å². The van der Waals surface area contributed by atoms with Crippen molar-refractivity contribution in [1.29, 1.82) is 0 Å². The Kier molecular flexibility index (Phi) is 5.53. The SMILES string of the molecule is CCN1CCN(c2nc(C)cc(NCc3ccc(Cl)cc3)n2)CC1. The Morgan fingerprint density at radius 3 is 2.46 bits per heavy atom. The summed E-state index contributed by atoms with van der Waals surface area (Å²) in [5, 5.41) is 4.14. The lowest BCUT2D eigenvalue weighted by atomic mass is 10.2. The monoisotopic (exact) mass is 345 g/mol. The minimum absolute atomic E-state index is 0.719. The number of halogens is 1. The third-order valence-corrected chi connectivity index (χ3v) is 4.58. The van der Waals surface area contributed by atoms with E-state index in [9.17, 15) is 0 Å². The van der Waals surface area contributed by atoms with E-state index < -0.39 is 0 Å². The zero-order valence-corrected chi connectivity index (χ0v) is 15.1. The lowest BCUT2D eigenvalue weighted by Crippen LogP contribution is -2.46. The van der Waals surface area contributed by atoms with Gasteiger partial charge < -0.3 is 15.1 Å². The third kappa shape index (κ3) is 4.36. The topological polar surface area (TPSA) is 44.3 Å². The Balaban J connectivity index is 1.66. The van der Waals surface area contributed by atoms with E-state index in [4.69, 9.17) is 16.6 Å². The van der Waals surface area contributed by atoms with Gasteiger partial charge in [0.15, 0.2) is 0 Å². The number of hydrogen-bond acceptors (Lipinski definition) is 5. The van der Waals surface area contributed by atoms with E-state index >= 15 is 0 Å². The van der Waals surface area contributed by atoms with E-state index in [1.54, 1.807) is 0 Å². The summed E-state index contributed by atoms with van der Waals surface area (Å²) in [6.07, 6.45) is 0. The summed E-state index contributed by atoms with van der Waals surface area (Å²) in [4.78, 5) is 14.0. The van der Waals surface area contributed by atoms with Crippen LogP contribution in [0.25, 0.3) is 0 Å². The Bertz CT molecular complexity index is 666. The van der Waals surface area contributed by atoms with Crippen molar-refractivity contribution in [3.05, 3.63) is 46.6 Å². The summed E-state index contributed by atoms with van der Waals surface area (Å²) in [7, 11) is 0. The molecule has 1 N–H and O–H groups in total. The molecule has 0 saturated carbocycles. The average molecular weight is 346 g/mol. The van der Waals surface area contributed by atoms with Gasteiger partial charge in [-0.15, -0.1) is 0 Å². The van der Waals surface area contributed by atoms with Gasteiger partial charge in [0.1, 0.15) is 5.82 Å². The van der Waals surface area contributed by atoms with Crippen LogP contribution in [0.2, 0.25) is 5.02 Å². The molecule has 0 bridgehead atoms. The van der Waals surface area contributed by atoms with Crippen molar-refractivity contribution in [2.24, 2.45) is 0 Å². The molecular weight excluding hydrogens is 322 g/mol. The van der Waals surface area contributed by atoms with E-state index in [0.29, 0.717) is 0 Å². The zero-order chi connectivity index (χ0) is 16.9. The molecule has 0 atom stereocenters. The Labute approximate surface area is 148 Å². The number of anilines is 2. The number of likely N-dealkylation sites (N-methyl/N-ethyl adjacent to an activating group) is 1. The Morgan fingerprint density at radius 2 is 1.79 bits per heavy atom. The van der Waals surface area contributed by atoms with Gasteiger partial charge >= 0.3 is 0 Å². The largest absolute Gasteiger partial charge is 0.366 e. The van der Waals surface area contributed by atoms with Crippen LogP contribution in [0.15, 0.2) is 30.3 Å². The molecule has 6 heteroatoms. The van der Waals surface area contributed by atoms with Crippen LogP contribution in [0.3, 0.4) is 0 Å². The van der Waals surface area contributed by atoms with Crippen LogP contribution < -0.4 is 10.2 Å². The van der Waals surface area contributed by atoms with E-state index in [-0.39, 0.29) is 0 Å². The quantitative estimate of drug-likeness (QED) is 0.901. The molecule has 24 heavy (non-hydrogen) atoms. The molecule has 3 rings (SSSR count). The fraction of sp³-hybridized carbons (Fsp3) is 0.444. The molecule has 128 valence electrons. The minimum atomic E-state index is 0.719. The van der Waals surface area contributed by atoms with Gasteiger partial charge in [-0.1, -0.05) is 30.7 Å². The summed E-state index contributed by atoms with van der Waals surface area (Å²) in [5.74, 6) is 1.69. The lowest BCUT2D eigenvalue weighted by molar-refractivity contribution is 0.270. The van der Waals surface area contributed by atoms with Gasteiger partial charge in [0, 0.05) is 49.5 Å². The predicted molar refractivity (Wildman–Crippen MR) is 99.9 cm³/mol. The normalized spacial score (nSPS) is 15.5. The molecule has 1 aromatic carbocycles. The molecular formula is C18H24ClN5. The minimum Gasteiger partial charge on any atom is -0.366 e. The maximum atomic E-state index is 5.93. The van der Waals surface area contributed by atoms with Crippen molar-refractivity contribution in [2.45, 2.75) is 20.4 Å². The molecule has 0 aliphatic carbocycles. The van der Waals surface area contributed by atoms with E-state index in [2.05, 4.69) is 27.0 Å². The number of aromatic nitrogens is 2. The summed E-state index contributed by atoms with van der Waals surface area (Å²) in [6, 6.07) is 9.84. The standard InChI is InChI=1S/C18H24ClN5/c1-3-23-8-10-24(11-9-23)18-21-14(2)12-17(22-18)20-13-15-4-6-16(19)7-5-15/h4-7,12H,3,8-11,13H2,1-2H3,(H,20,21,22). The molecule has 2 aromatic rings. The number of rotatable bonds is 5. The number of aryl methyl sites for hydroxylation is 1. The molecule has 1 fully saturated rings. The van der Waals surface area contributed by atoms with Gasteiger partial charge in [-0.2, -0.15) is 4.98 Å². The molecule has 2 heterocycles. The first kappa shape index (κ1) is 17.0. The molecule has 0 amide bonds. The van der Waals surface area contributed by atoms with Crippen molar-refractivity contribution in [1.82, 2.24) is 14.9 Å². The second-order valence-corrected chi connectivity index (χ2v) is 6.53. The van der Waals surface area contributed by atoms with Crippen molar-refractivity contribution < 1.29 is 0 Å². The molecule has 0 radical (unpaired) electrons. The average Bonchev–Trinajstić information content (AvgIpc) is 2.61. The number of nitrogens with one attached hydrogen (secondary N) is 1. The molecule has 1 aliphatic heterocycles. The number of benzene rings is 1. The van der Waals surface area contributed by atoms with Crippen LogP contribution in [0, 0.1) is 6.92 Å². The van der Waals surface area contributed by atoms with Gasteiger partial charge in [0.25, 0.3) is 0 Å². The first-order valence-electron chi connectivity index (χ1n) is 8.45. The van der Waals surface area contributed by atoms with Gasteiger partial charge in [0.2, 0.25) is 5.95 Å². The van der Waals surface area contributed by atoms with E-state index in [1.807, 2.05) is 37.3 Å². The summed E-state index contributed by atoms with van der Waals surface area (Å²) in [5.41, 5.74) is 2.16. The maximum Gasteiger partial charge on any atom is 0.227 e. The van der Waals surface area contributed by atoms with Crippen molar-refractivity contribution in [3.63, 3.8) is 0 Å². The number of piperazine rings is 1. The summed E-state index contributed by atoms with van der Waals surface area (Å²) in [6.45, 7) is 10.1. The highest BCUT2D eigenvalue weighted by molar-refractivity contribution is 6.30. The fourth-order valence-electron chi connectivity index (χ4n) is 2.84. The van der Waals surface area contributed by atoms with Gasteiger partial charge in [-0.05, 0) is 31.2 Å². The van der Waals surface area contributed by atoms with Crippen molar-refractivity contribution >= 4 is 23.4 Å². The third-order valence-electron chi connectivity index (χ3n) is 4.33. The smallest absolute Gasteiger partial charge is 0.227 e. The molecule has 1 aliphatic rings. The molecule has 1 saturated heterocycles. The summed E-state index contributed by atoms with van der Waals surface area (Å²) >= 11 is 5.93. The second kappa shape index (κ2) is 7.81. The van der Waals surface area contributed by atoms with Crippen molar-refractivity contribution in [3.8, 4) is 0 Å². The Morgan fingerprint density at radius 1 is 1.08 bits per heavy atom. The molecule has 0 unspecified atom stereocenters. The predicted octanol–water partition coefficient (Wildman–Crippen LogP) is 3.19. The molecule has 1 aromatic heterocycles. The number of hydrogen-bond donors (Lipinski definition) is 1.